The molecule has 0 atom stereocenters. The number of fused-ring (bicyclic) bond motifs is 1. The van der Waals surface area contributed by atoms with Gasteiger partial charge < -0.3 is 19.9 Å². The lowest BCUT2D eigenvalue weighted by molar-refractivity contribution is 0.0528. The highest BCUT2D eigenvalue weighted by Crippen LogP contribution is 2.29. The van der Waals surface area contributed by atoms with Crippen LogP contribution in [0, 0.1) is 0 Å². The number of carbonyl (C=O) groups is 2. The Bertz CT molecular complexity index is 892. The molecule has 2 aromatic heterocycles. The number of pyridine rings is 1. The molecule has 1 amide bonds. The average Bonchev–Trinajstić information content (AvgIpc) is 2.98. The largest absolute Gasteiger partial charge is 0.444 e. The van der Waals surface area contributed by atoms with Gasteiger partial charge in [0.2, 0.25) is 0 Å². The summed E-state index contributed by atoms with van der Waals surface area (Å²) in [5.41, 5.74) is 0.483. The molecule has 0 bridgehead atoms. The Labute approximate surface area is 188 Å². The molecule has 156 valence electrons. The fraction of sp³-hybridized carbons (Fsp3) is 0.471. The number of rotatable bonds is 5. The van der Waals surface area contributed by atoms with Crippen molar-refractivity contribution < 1.29 is 14.3 Å². The van der Waals surface area contributed by atoms with Gasteiger partial charge in [-0.05, 0) is 49.8 Å². The van der Waals surface area contributed by atoms with Crippen molar-refractivity contribution >= 4 is 69.5 Å². The summed E-state index contributed by atoms with van der Waals surface area (Å²) in [4.78, 5) is 33.9. The van der Waals surface area contributed by atoms with Crippen molar-refractivity contribution in [1.29, 1.82) is 0 Å². The number of halogens is 2. The minimum atomic E-state index is -0.413. The van der Waals surface area contributed by atoms with Crippen LogP contribution < -0.4 is 16.2 Å². The highest BCUT2D eigenvalue weighted by molar-refractivity contribution is 14.2. The predicted molar refractivity (Wildman–Crippen MR) is 125 cm³/mol. The molecule has 0 aliphatic rings. The fourth-order valence-corrected chi connectivity index (χ4v) is 4.43. The second-order valence-corrected chi connectivity index (χ2v) is 9.28. The third kappa shape index (κ3) is 7.08. The van der Waals surface area contributed by atoms with Crippen molar-refractivity contribution in [3.05, 3.63) is 32.8 Å². The summed E-state index contributed by atoms with van der Waals surface area (Å²) in [6.07, 6.45) is 2.08. The molecular formula is C17H24BrIN4O4S. The quantitative estimate of drug-likeness (QED) is 0.316. The first-order valence-electron chi connectivity index (χ1n) is 8.32. The third-order valence-electron chi connectivity index (χ3n) is 3.31. The second kappa shape index (κ2) is 11.2. The SMILES string of the molecule is CNCCNC(=O)OC(C)(C)C.Cn1cc(Br)c2cc(C=O)n(SI)c2c1=O. The average molecular weight is 587 g/mol. The number of nitrogens with one attached hydrogen (secondary N) is 2. The Morgan fingerprint density at radius 1 is 1.39 bits per heavy atom. The van der Waals surface area contributed by atoms with Crippen molar-refractivity contribution in [2.45, 2.75) is 26.4 Å². The minimum Gasteiger partial charge on any atom is -0.444 e. The van der Waals surface area contributed by atoms with Crippen LogP contribution in [0.25, 0.3) is 10.9 Å². The normalized spacial score (nSPS) is 11.0. The van der Waals surface area contributed by atoms with Crippen LogP contribution in [0.3, 0.4) is 0 Å². The molecule has 8 nitrogen and oxygen atoms in total. The van der Waals surface area contributed by atoms with Crippen LogP contribution in [0.2, 0.25) is 0 Å². The molecule has 0 radical (unpaired) electrons. The summed E-state index contributed by atoms with van der Waals surface area (Å²) in [6.45, 7) is 6.85. The molecule has 0 spiro atoms. The first kappa shape index (κ1) is 25.0. The molecule has 0 fully saturated rings. The molecule has 11 heteroatoms. The molecule has 0 unspecified atom stereocenters. The van der Waals surface area contributed by atoms with E-state index in [0.717, 1.165) is 22.7 Å². The van der Waals surface area contributed by atoms with E-state index in [1.54, 1.807) is 23.3 Å². The zero-order valence-corrected chi connectivity index (χ0v) is 20.9. The first-order chi connectivity index (χ1) is 13.1. The summed E-state index contributed by atoms with van der Waals surface area (Å²) >= 11 is 5.43. The van der Waals surface area contributed by atoms with Crippen LogP contribution >= 0.6 is 46.3 Å². The van der Waals surface area contributed by atoms with Crippen molar-refractivity contribution in [3.63, 3.8) is 0 Å². The zero-order valence-electron chi connectivity index (χ0n) is 16.3. The van der Waals surface area contributed by atoms with E-state index in [4.69, 9.17) is 4.74 Å². The number of nitrogens with zero attached hydrogens (tertiary/aromatic N) is 2. The molecule has 0 aliphatic carbocycles. The molecule has 2 heterocycles. The number of likely N-dealkylation sites (N-methyl/N-ethyl adjacent to an activating group) is 1. The van der Waals surface area contributed by atoms with Crippen LogP contribution in [0.15, 0.2) is 21.5 Å². The second-order valence-electron chi connectivity index (χ2n) is 6.74. The van der Waals surface area contributed by atoms with Gasteiger partial charge in [0.1, 0.15) is 11.1 Å². The fourth-order valence-electron chi connectivity index (χ4n) is 2.12. The van der Waals surface area contributed by atoms with Gasteiger partial charge in [0, 0.05) is 66.5 Å². The van der Waals surface area contributed by atoms with Gasteiger partial charge in [0.15, 0.2) is 6.29 Å². The number of aromatic nitrogens is 2. The molecule has 2 rings (SSSR count). The Hall–Kier alpha value is -1.05. The van der Waals surface area contributed by atoms with Crippen molar-refractivity contribution in [2.24, 2.45) is 7.05 Å². The highest BCUT2D eigenvalue weighted by Gasteiger charge is 2.16. The molecule has 28 heavy (non-hydrogen) atoms. The third-order valence-corrected chi connectivity index (χ3v) is 5.65. The van der Waals surface area contributed by atoms with Gasteiger partial charge in [-0.3, -0.25) is 13.6 Å². The molecular weight excluding hydrogens is 563 g/mol. The Morgan fingerprint density at radius 3 is 2.54 bits per heavy atom. The number of aldehydes is 1. The summed E-state index contributed by atoms with van der Waals surface area (Å²) in [7, 11) is 4.82. The molecule has 0 aromatic carbocycles. The van der Waals surface area contributed by atoms with Crippen LogP contribution in [-0.4, -0.2) is 46.7 Å². The number of alkyl carbamates (subject to hydrolysis) is 1. The van der Waals surface area contributed by atoms with E-state index in [-0.39, 0.29) is 11.7 Å². The Balaban J connectivity index is 0.000000295. The number of hydrogen-bond donors (Lipinski definition) is 2. The van der Waals surface area contributed by atoms with Gasteiger partial charge in [-0.25, -0.2) is 4.79 Å². The Morgan fingerprint density at radius 2 is 2.04 bits per heavy atom. The predicted octanol–water partition coefficient (Wildman–Crippen LogP) is 3.49. The van der Waals surface area contributed by atoms with Crippen molar-refractivity contribution in [1.82, 2.24) is 19.2 Å². The highest BCUT2D eigenvalue weighted by atomic mass is 127. The standard InChI is InChI=1S/C9H6BrIN2O2S.C8H18N2O2/c1-12-3-7(10)6-2-5(4-14)13(16-11)8(6)9(12)15;1-8(2,3)12-7(11)10-6-5-9-4/h2-4H,1H3;9H,5-6H2,1-4H3,(H,10,11). The smallest absolute Gasteiger partial charge is 0.407 e. The van der Waals surface area contributed by atoms with Crippen molar-refractivity contribution in [3.8, 4) is 0 Å². The van der Waals surface area contributed by atoms with Gasteiger partial charge in [-0.15, -0.1) is 0 Å². The molecule has 0 saturated carbocycles. The number of aryl methyl sites for hydroxylation is 1. The van der Waals surface area contributed by atoms with E-state index >= 15 is 0 Å². The summed E-state index contributed by atoms with van der Waals surface area (Å²) in [5, 5.41) is 6.29. The molecule has 0 aliphatic heterocycles. The van der Waals surface area contributed by atoms with Gasteiger partial charge in [0.05, 0.1) is 5.69 Å². The van der Waals surface area contributed by atoms with Crippen LogP contribution in [0.1, 0.15) is 31.3 Å². The van der Waals surface area contributed by atoms with Crippen molar-refractivity contribution in [2.75, 3.05) is 20.1 Å². The van der Waals surface area contributed by atoms with Gasteiger partial charge in [0.25, 0.3) is 5.56 Å². The van der Waals surface area contributed by atoms with Crippen LogP contribution in [0.5, 0.6) is 0 Å². The summed E-state index contributed by atoms with van der Waals surface area (Å²) in [6, 6.07) is 1.71. The maximum Gasteiger partial charge on any atom is 0.407 e. The van der Waals surface area contributed by atoms with E-state index < -0.39 is 5.60 Å². The maximum absolute atomic E-state index is 12.0. The van der Waals surface area contributed by atoms with E-state index in [1.165, 1.54) is 13.7 Å². The molecule has 2 aromatic rings. The summed E-state index contributed by atoms with van der Waals surface area (Å²) < 4.78 is 8.93. The van der Waals surface area contributed by atoms with Crippen LogP contribution in [0.4, 0.5) is 4.79 Å². The van der Waals surface area contributed by atoms with Crippen LogP contribution in [-0.2, 0) is 11.8 Å². The number of ether oxygens (including phenoxy) is 1. The maximum atomic E-state index is 12.0. The van der Waals surface area contributed by atoms with Gasteiger partial charge >= 0.3 is 6.09 Å². The van der Waals surface area contributed by atoms with E-state index in [0.29, 0.717) is 17.8 Å². The van der Waals surface area contributed by atoms with E-state index in [1.807, 2.05) is 49.0 Å². The number of amides is 1. The molecule has 2 N–H and O–H groups in total. The monoisotopic (exact) mass is 586 g/mol. The van der Waals surface area contributed by atoms with E-state index in [9.17, 15) is 14.4 Å². The lowest BCUT2D eigenvalue weighted by Gasteiger charge is -2.19. The Kier molecular flexibility index (Phi) is 10.0. The zero-order chi connectivity index (χ0) is 21.5. The van der Waals surface area contributed by atoms with E-state index in [2.05, 4.69) is 26.6 Å². The number of hydrogen-bond acceptors (Lipinski definition) is 6. The number of carbonyl (C=O) groups excluding carboxylic acids is 2. The lowest BCUT2D eigenvalue weighted by atomic mass is 10.2. The topological polar surface area (TPSA) is 94.4 Å². The van der Waals surface area contributed by atoms with Gasteiger partial charge in [-0.2, -0.15) is 0 Å². The molecule has 0 saturated heterocycles. The van der Waals surface area contributed by atoms with Gasteiger partial charge in [-0.1, -0.05) is 0 Å². The minimum absolute atomic E-state index is 0.115. The summed E-state index contributed by atoms with van der Waals surface area (Å²) in [5.74, 6) is 0. The lowest BCUT2D eigenvalue weighted by Crippen LogP contribution is -2.35. The first-order valence-corrected chi connectivity index (χ1v) is 12.4.